The van der Waals surface area contributed by atoms with Crippen LogP contribution in [-0.2, 0) is 48.7 Å². The van der Waals surface area contributed by atoms with Crippen LogP contribution in [0.25, 0.3) is 0 Å². The van der Waals surface area contributed by atoms with Gasteiger partial charge < -0.3 is 58.5 Å². The third-order valence-electron chi connectivity index (χ3n) is 10.1. The van der Waals surface area contributed by atoms with Crippen LogP contribution in [0, 0.1) is 0 Å². The van der Waals surface area contributed by atoms with Crippen molar-refractivity contribution in [1.29, 1.82) is 0 Å². The normalized spacial score (nSPS) is 15.5. The van der Waals surface area contributed by atoms with Gasteiger partial charge in [0, 0.05) is 96.9 Å². The number of rotatable bonds is 42. The molecule has 58 heavy (non-hydrogen) atoms. The minimum atomic E-state index is -2.74. The van der Waals surface area contributed by atoms with Gasteiger partial charge >= 0.3 is 35.1 Å². The van der Waals surface area contributed by atoms with Crippen LogP contribution in [0.1, 0.15) is 115 Å². The number of nitrogens with zero attached hydrogens (tertiary/aromatic N) is 3. The van der Waals surface area contributed by atoms with Crippen LogP contribution in [0.4, 0.5) is 0 Å². The third kappa shape index (κ3) is 21.1. The maximum Gasteiger partial charge on any atom is 0.500 e. The Morgan fingerprint density at radius 1 is 0.397 bits per heavy atom. The van der Waals surface area contributed by atoms with Crippen molar-refractivity contribution >= 4 is 35.1 Å². The molecule has 0 radical (unpaired) electrons. The zero-order valence-corrected chi connectivity index (χ0v) is 43.3. The second-order valence-corrected chi connectivity index (χ2v) is 25.6. The average molecular weight is 903 g/mol. The molecule has 1 heterocycles. The van der Waals surface area contributed by atoms with E-state index in [0.717, 1.165) is 115 Å². The van der Waals surface area contributed by atoms with Gasteiger partial charge in [-0.2, -0.15) is 0 Å². The summed E-state index contributed by atoms with van der Waals surface area (Å²) in [6.45, 7) is 37.1. The number of hydrogen-bond acceptors (Lipinski definition) is 14. The van der Waals surface area contributed by atoms with E-state index in [2.05, 4.69) is 28.2 Å². The highest BCUT2D eigenvalue weighted by Crippen LogP contribution is 2.29. The summed E-state index contributed by atoms with van der Waals surface area (Å²) in [4.78, 5) is 5.26. The van der Waals surface area contributed by atoms with Gasteiger partial charge in [-0.15, -0.1) is 0 Å². The molecule has 18 heteroatoms. The minimum absolute atomic E-state index is 0.590. The van der Waals surface area contributed by atoms with Crippen molar-refractivity contribution in [2.45, 2.75) is 139 Å². The Kier molecular flexibility index (Phi) is 32.8. The molecule has 0 aromatic carbocycles. The fourth-order valence-corrected chi connectivity index (χ4v) is 19.5. The quantitative estimate of drug-likeness (QED) is 0.0568. The SMILES string of the molecule is CCO[Si](CCCN(CCCN(CCC[Si](OCC)(OCC)OCC)CCC[Si](OCC)(OCC)OCC)CCCN1CCC[Si]1(OCC)OCC)(OCC)OCC. The molecule has 0 spiro atoms. The second-order valence-electron chi connectivity index (χ2n) is 14.3. The van der Waals surface area contributed by atoms with Gasteiger partial charge in [0.2, 0.25) is 0 Å². The molecule has 0 bridgehead atoms. The zero-order valence-electron chi connectivity index (χ0n) is 39.3. The number of hydrogen-bond donors (Lipinski definition) is 0. The Labute approximate surface area is 360 Å². The Morgan fingerprint density at radius 3 is 0.983 bits per heavy atom. The van der Waals surface area contributed by atoms with Crippen LogP contribution < -0.4 is 0 Å². The van der Waals surface area contributed by atoms with Gasteiger partial charge in [-0.05, 0) is 167 Å². The Morgan fingerprint density at radius 2 is 0.690 bits per heavy atom. The first-order valence-corrected chi connectivity index (χ1v) is 31.1. The Hall–Kier alpha value is 0.308. The molecule has 1 fully saturated rings. The van der Waals surface area contributed by atoms with Crippen LogP contribution >= 0.6 is 0 Å². The molecule has 0 saturated carbocycles. The summed E-state index contributed by atoms with van der Waals surface area (Å²) in [5, 5.41) is 0. The summed E-state index contributed by atoms with van der Waals surface area (Å²) in [5.74, 6) is 0. The van der Waals surface area contributed by atoms with E-state index in [0.29, 0.717) is 72.7 Å². The van der Waals surface area contributed by atoms with Crippen LogP contribution in [0.2, 0.25) is 24.2 Å². The first kappa shape index (κ1) is 56.3. The van der Waals surface area contributed by atoms with E-state index >= 15 is 0 Å². The predicted molar refractivity (Wildman–Crippen MR) is 242 cm³/mol. The minimum Gasteiger partial charge on any atom is -0.383 e. The molecule has 348 valence electrons. The Bertz CT molecular complexity index is 883. The monoisotopic (exact) mass is 902 g/mol. The molecule has 14 nitrogen and oxygen atoms in total. The standard InChI is InChI=1S/C40H91N3O11Si4/c1-12-44-55(45-13-2)37-28-36-43(55)35-24-31-41(32-25-38-56(46-14-3,47-15-4)48-16-5)29-23-30-42(33-26-39-57(49-17-6,50-18-7)51-19-8)34-27-40-58(52-20-9,53-21-10)54-22-11/h12-40H2,1-11H3. The molecular formula is C40H91N3O11Si4. The van der Waals surface area contributed by atoms with E-state index in [1.165, 1.54) is 0 Å². The molecule has 1 saturated heterocycles. The zero-order chi connectivity index (χ0) is 43.0. The summed E-state index contributed by atoms with van der Waals surface area (Å²) in [7, 11) is -10.5. The lowest BCUT2D eigenvalue weighted by Crippen LogP contribution is -2.55. The van der Waals surface area contributed by atoms with Crippen LogP contribution in [0.5, 0.6) is 0 Å². The van der Waals surface area contributed by atoms with Crippen LogP contribution in [-0.4, -0.2) is 175 Å². The maximum atomic E-state index is 6.40. The lowest BCUT2D eigenvalue weighted by atomic mass is 10.2. The van der Waals surface area contributed by atoms with Crippen molar-refractivity contribution in [3.63, 3.8) is 0 Å². The second kappa shape index (κ2) is 33.8. The predicted octanol–water partition coefficient (Wildman–Crippen LogP) is 7.40. The van der Waals surface area contributed by atoms with E-state index in [-0.39, 0.29) is 0 Å². The maximum absolute atomic E-state index is 6.40. The fraction of sp³-hybridized carbons (Fsp3) is 1.00. The lowest BCUT2D eigenvalue weighted by molar-refractivity contribution is 0.0687. The molecule has 0 aliphatic carbocycles. The largest absolute Gasteiger partial charge is 0.500 e. The van der Waals surface area contributed by atoms with Crippen molar-refractivity contribution < 1.29 is 48.7 Å². The molecule has 0 N–H and O–H groups in total. The van der Waals surface area contributed by atoms with Crippen molar-refractivity contribution in [1.82, 2.24) is 14.4 Å². The highest BCUT2D eigenvalue weighted by atomic mass is 28.4. The van der Waals surface area contributed by atoms with Crippen molar-refractivity contribution in [3.05, 3.63) is 0 Å². The third-order valence-corrected chi connectivity index (χ3v) is 23.5. The summed E-state index contributed by atoms with van der Waals surface area (Å²) in [5.41, 5.74) is 0. The van der Waals surface area contributed by atoms with Crippen molar-refractivity contribution in [3.8, 4) is 0 Å². The average Bonchev–Trinajstić information content (AvgIpc) is 3.57. The van der Waals surface area contributed by atoms with Crippen molar-refractivity contribution in [2.75, 3.05) is 125 Å². The van der Waals surface area contributed by atoms with Crippen LogP contribution in [0.15, 0.2) is 0 Å². The van der Waals surface area contributed by atoms with Gasteiger partial charge in [-0.25, -0.2) is 0 Å². The molecule has 1 aliphatic rings. The first-order chi connectivity index (χ1) is 28.1. The first-order valence-electron chi connectivity index (χ1n) is 23.4. The van der Waals surface area contributed by atoms with E-state index < -0.39 is 35.1 Å². The molecular weight excluding hydrogens is 811 g/mol. The summed E-state index contributed by atoms with van der Waals surface area (Å²) in [6, 6.07) is 3.48. The van der Waals surface area contributed by atoms with Gasteiger partial charge in [0.15, 0.2) is 0 Å². The van der Waals surface area contributed by atoms with E-state index in [1.54, 1.807) is 0 Å². The highest BCUT2D eigenvalue weighted by Gasteiger charge is 2.48. The van der Waals surface area contributed by atoms with Gasteiger partial charge in [-0.3, -0.25) is 4.57 Å². The summed E-state index contributed by atoms with van der Waals surface area (Å²) in [6.07, 6.45) is 6.14. The van der Waals surface area contributed by atoms with Crippen molar-refractivity contribution in [2.24, 2.45) is 0 Å². The van der Waals surface area contributed by atoms with Gasteiger partial charge in [-0.1, -0.05) is 0 Å². The molecule has 0 aromatic rings. The van der Waals surface area contributed by atoms with Gasteiger partial charge in [0.1, 0.15) is 0 Å². The molecule has 1 rings (SSSR count). The summed E-state index contributed by atoms with van der Waals surface area (Å²) >= 11 is 0. The fourth-order valence-electron chi connectivity index (χ4n) is 8.16. The molecule has 0 atom stereocenters. The Balaban J connectivity index is 3.19. The van der Waals surface area contributed by atoms with E-state index in [9.17, 15) is 0 Å². The van der Waals surface area contributed by atoms with Crippen LogP contribution in [0.3, 0.4) is 0 Å². The molecule has 1 aliphatic heterocycles. The summed E-state index contributed by atoms with van der Waals surface area (Å²) < 4.78 is 71.3. The van der Waals surface area contributed by atoms with E-state index in [4.69, 9.17) is 48.7 Å². The molecule has 0 unspecified atom stereocenters. The molecule has 0 amide bonds. The van der Waals surface area contributed by atoms with Gasteiger partial charge in [0.25, 0.3) is 0 Å². The smallest absolute Gasteiger partial charge is 0.383 e. The van der Waals surface area contributed by atoms with E-state index in [1.807, 2.05) is 62.3 Å². The van der Waals surface area contributed by atoms with Gasteiger partial charge in [0.05, 0.1) is 0 Å². The lowest BCUT2D eigenvalue weighted by Gasteiger charge is -2.35. The molecule has 0 aromatic heterocycles. The highest BCUT2D eigenvalue weighted by molar-refractivity contribution is 6.65. The topological polar surface area (TPSA) is 111 Å².